The van der Waals surface area contributed by atoms with E-state index >= 15 is 0 Å². The maximum atomic E-state index is 9.54. The fraction of sp³-hybridized carbons (Fsp3) is 0.692. The van der Waals surface area contributed by atoms with Gasteiger partial charge in [-0.05, 0) is 30.7 Å². The molecular formula is C13H20N2OS. The second kappa shape index (κ2) is 5.06. The molecule has 0 radical (unpaired) electrons. The third-order valence-electron chi connectivity index (χ3n) is 3.66. The minimum absolute atomic E-state index is 0.136. The van der Waals surface area contributed by atoms with Gasteiger partial charge in [0.05, 0.1) is 6.10 Å². The van der Waals surface area contributed by atoms with Crippen LogP contribution in [0.4, 0.5) is 0 Å². The molecule has 1 saturated carbocycles. The second-order valence-electron chi connectivity index (χ2n) is 5.23. The zero-order valence-electron chi connectivity index (χ0n) is 10.0. The Hall–Kier alpha value is -0.420. The molecule has 2 unspecified atom stereocenters. The van der Waals surface area contributed by atoms with Crippen LogP contribution in [-0.2, 0) is 6.54 Å². The molecule has 2 atom stereocenters. The standard InChI is InChI=1S/C13H20N2OS/c16-12-6-10(14-7-12)8-15(11-3-4-11)9-13-2-1-5-17-13/h1-2,5,10-12,14,16H,3-4,6-9H2. The number of rotatable bonds is 5. The Morgan fingerprint density at radius 3 is 2.94 bits per heavy atom. The lowest BCUT2D eigenvalue weighted by Crippen LogP contribution is -2.38. The van der Waals surface area contributed by atoms with Gasteiger partial charge in [0.15, 0.2) is 0 Å². The van der Waals surface area contributed by atoms with Gasteiger partial charge in [-0.3, -0.25) is 4.90 Å². The third kappa shape index (κ3) is 3.07. The smallest absolute Gasteiger partial charge is 0.0680 e. The van der Waals surface area contributed by atoms with Gasteiger partial charge in [-0.15, -0.1) is 11.3 Å². The number of nitrogens with zero attached hydrogens (tertiary/aromatic N) is 1. The van der Waals surface area contributed by atoms with Crippen molar-refractivity contribution in [1.82, 2.24) is 10.2 Å². The fourth-order valence-corrected chi connectivity index (χ4v) is 3.33. The molecule has 2 aliphatic rings. The van der Waals surface area contributed by atoms with E-state index in [0.717, 1.165) is 32.1 Å². The van der Waals surface area contributed by atoms with Crippen molar-refractivity contribution in [2.75, 3.05) is 13.1 Å². The topological polar surface area (TPSA) is 35.5 Å². The highest BCUT2D eigenvalue weighted by atomic mass is 32.1. The van der Waals surface area contributed by atoms with E-state index in [2.05, 4.69) is 27.7 Å². The lowest BCUT2D eigenvalue weighted by Gasteiger charge is -2.24. The minimum atomic E-state index is -0.136. The molecule has 17 heavy (non-hydrogen) atoms. The van der Waals surface area contributed by atoms with Crippen LogP contribution in [0.25, 0.3) is 0 Å². The van der Waals surface area contributed by atoms with Gasteiger partial charge in [0, 0.05) is 36.6 Å². The predicted molar refractivity (Wildman–Crippen MR) is 70.2 cm³/mol. The average molecular weight is 252 g/mol. The first-order chi connectivity index (χ1) is 8.31. The van der Waals surface area contributed by atoms with Crippen molar-refractivity contribution in [3.05, 3.63) is 22.4 Å². The van der Waals surface area contributed by atoms with E-state index in [1.54, 1.807) is 0 Å². The van der Waals surface area contributed by atoms with Crippen LogP contribution < -0.4 is 5.32 Å². The van der Waals surface area contributed by atoms with Crippen LogP contribution >= 0.6 is 11.3 Å². The van der Waals surface area contributed by atoms with E-state index < -0.39 is 0 Å². The average Bonchev–Trinajstić information content (AvgIpc) is 2.89. The molecular weight excluding hydrogens is 232 g/mol. The largest absolute Gasteiger partial charge is 0.392 e. The lowest BCUT2D eigenvalue weighted by atomic mass is 10.2. The Bertz CT molecular complexity index is 350. The molecule has 3 nitrogen and oxygen atoms in total. The Balaban J connectivity index is 1.56. The zero-order chi connectivity index (χ0) is 11.7. The summed E-state index contributed by atoms with van der Waals surface area (Å²) in [5.41, 5.74) is 0. The van der Waals surface area contributed by atoms with Crippen LogP contribution in [0.5, 0.6) is 0 Å². The van der Waals surface area contributed by atoms with Gasteiger partial charge in [0.25, 0.3) is 0 Å². The summed E-state index contributed by atoms with van der Waals surface area (Å²) in [7, 11) is 0. The van der Waals surface area contributed by atoms with Crippen molar-refractivity contribution < 1.29 is 5.11 Å². The highest BCUT2D eigenvalue weighted by molar-refractivity contribution is 7.09. The highest BCUT2D eigenvalue weighted by Crippen LogP contribution is 2.29. The van der Waals surface area contributed by atoms with Gasteiger partial charge < -0.3 is 10.4 Å². The van der Waals surface area contributed by atoms with Gasteiger partial charge in [-0.25, -0.2) is 0 Å². The first-order valence-corrected chi connectivity index (χ1v) is 7.37. The molecule has 0 amide bonds. The van der Waals surface area contributed by atoms with E-state index in [1.165, 1.54) is 17.7 Å². The predicted octanol–water partition coefficient (Wildman–Crippen LogP) is 1.44. The molecule has 4 heteroatoms. The number of hydrogen-bond donors (Lipinski definition) is 2. The summed E-state index contributed by atoms with van der Waals surface area (Å²) in [6.45, 7) is 2.93. The van der Waals surface area contributed by atoms with Gasteiger partial charge in [-0.1, -0.05) is 6.07 Å². The quantitative estimate of drug-likeness (QED) is 0.832. The molecule has 2 heterocycles. The van der Waals surface area contributed by atoms with Crippen LogP contribution in [0.3, 0.4) is 0 Å². The first-order valence-electron chi connectivity index (χ1n) is 6.49. The molecule has 2 fully saturated rings. The van der Waals surface area contributed by atoms with Gasteiger partial charge in [0.1, 0.15) is 0 Å². The molecule has 0 spiro atoms. The number of β-amino-alcohol motifs (C(OH)–C–C–N with tert-alkyl or cyclic N) is 1. The second-order valence-corrected chi connectivity index (χ2v) is 6.27. The van der Waals surface area contributed by atoms with Crippen molar-refractivity contribution in [3.8, 4) is 0 Å². The fourth-order valence-electron chi connectivity index (χ4n) is 2.61. The molecule has 1 aromatic rings. The van der Waals surface area contributed by atoms with E-state index in [4.69, 9.17) is 0 Å². The summed E-state index contributed by atoms with van der Waals surface area (Å²) in [5, 5.41) is 15.1. The van der Waals surface area contributed by atoms with E-state index in [1.807, 2.05) is 11.3 Å². The molecule has 0 bridgehead atoms. The number of hydrogen-bond acceptors (Lipinski definition) is 4. The van der Waals surface area contributed by atoms with Crippen LogP contribution in [0.1, 0.15) is 24.1 Å². The van der Waals surface area contributed by atoms with Crippen molar-refractivity contribution in [2.24, 2.45) is 0 Å². The molecule has 1 aromatic heterocycles. The van der Waals surface area contributed by atoms with Crippen LogP contribution in [0.2, 0.25) is 0 Å². The third-order valence-corrected chi connectivity index (χ3v) is 4.52. The highest BCUT2D eigenvalue weighted by Gasteiger charge is 2.32. The summed E-state index contributed by atoms with van der Waals surface area (Å²) in [5.74, 6) is 0. The normalized spacial score (nSPS) is 29.1. The van der Waals surface area contributed by atoms with Gasteiger partial charge >= 0.3 is 0 Å². The summed E-state index contributed by atoms with van der Waals surface area (Å²) in [6.07, 6.45) is 3.47. The minimum Gasteiger partial charge on any atom is -0.392 e. The summed E-state index contributed by atoms with van der Waals surface area (Å²) < 4.78 is 0. The maximum Gasteiger partial charge on any atom is 0.0680 e. The van der Waals surface area contributed by atoms with E-state index in [-0.39, 0.29) is 6.10 Å². The molecule has 3 rings (SSSR count). The molecule has 0 aromatic carbocycles. The number of thiophene rings is 1. The van der Waals surface area contributed by atoms with Crippen LogP contribution in [0.15, 0.2) is 17.5 Å². The van der Waals surface area contributed by atoms with Gasteiger partial charge in [0.2, 0.25) is 0 Å². The number of aliphatic hydroxyl groups is 1. The molecule has 1 saturated heterocycles. The molecule has 2 N–H and O–H groups in total. The molecule has 1 aliphatic carbocycles. The molecule has 1 aliphatic heterocycles. The van der Waals surface area contributed by atoms with Crippen molar-refractivity contribution in [1.29, 1.82) is 0 Å². The summed E-state index contributed by atoms with van der Waals surface area (Å²) in [6, 6.07) is 5.61. The van der Waals surface area contributed by atoms with E-state index in [9.17, 15) is 5.11 Å². The summed E-state index contributed by atoms with van der Waals surface area (Å²) >= 11 is 1.84. The maximum absolute atomic E-state index is 9.54. The Morgan fingerprint density at radius 2 is 2.35 bits per heavy atom. The van der Waals surface area contributed by atoms with E-state index in [0.29, 0.717) is 6.04 Å². The monoisotopic (exact) mass is 252 g/mol. The first kappa shape index (κ1) is 11.7. The van der Waals surface area contributed by atoms with Crippen LogP contribution in [0, 0.1) is 0 Å². The Labute approximate surface area is 106 Å². The Kier molecular flexibility index (Phi) is 3.47. The lowest BCUT2D eigenvalue weighted by molar-refractivity contribution is 0.184. The summed E-state index contributed by atoms with van der Waals surface area (Å²) in [4.78, 5) is 4.04. The van der Waals surface area contributed by atoms with Gasteiger partial charge in [-0.2, -0.15) is 0 Å². The zero-order valence-corrected chi connectivity index (χ0v) is 10.8. The Morgan fingerprint density at radius 1 is 1.47 bits per heavy atom. The number of aliphatic hydroxyl groups excluding tert-OH is 1. The van der Waals surface area contributed by atoms with Crippen molar-refractivity contribution in [3.63, 3.8) is 0 Å². The van der Waals surface area contributed by atoms with Crippen molar-refractivity contribution >= 4 is 11.3 Å². The van der Waals surface area contributed by atoms with Crippen molar-refractivity contribution in [2.45, 2.75) is 44.0 Å². The van der Waals surface area contributed by atoms with Crippen LogP contribution in [-0.4, -0.2) is 41.3 Å². The SMILES string of the molecule is OC1CNC(CN(Cc2cccs2)C2CC2)C1. The molecule has 94 valence electrons. The number of nitrogens with one attached hydrogen (secondary N) is 1.